The van der Waals surface area contributed by atoms with Crippen LogP contribution in [0.2, 0.25) is 0 Å². The molecule has 0 aromatic heterocycles. The molecule has 0 unspecified atom stereocenters. The van der Waals surface area contributed by atoms with Gasteiger partial charge in [0.1, 0.15) is 0 Å². The molecule has 5 heteroatoms. The fourth-order valence-corrected chi connectivity index (χ4v) is 4.14. The van der Waals surface area contributed by atoms with Gasteiger partial charge in [-0.1, -0.05) is 38.0 Å². The van der Waals surface area contributed by atoms with Gasteiger partial charge in [-0.25, -0.2) is 13.1 Å². The zero-order valence-electron chi connectivity index (χ0n) is 11.4. The first kappa shape index (κ1) is 14.5. The van der Waals surface area contributed by atoms with Crippen molar-refractivity contribution in [1.29, 1.82) is 0 Å². The smallest absolute Gasteiger partial charge is 0.240 e. The Hall–Kier alpha value is -0.910. The third kappa shape index (κ3) is 3.35. The molecule has 1 aromatic rings. The van der Waals surface area contributed by atoms with Crippen LogP contribution in [-0.4, -0.2) is 15.0 Å². The molecule has 1 saturated carbocycles. The zero-order valence-corrected chi connectivity index (χ0v) is 12.2. The minimum Gasteiger partial charge on any atom is -0.326 e. The molecule has 19 heavy (non-hydrogen) atoms. The van der Waals surface area contributed by atoms with Crippen LogP contribution in [-0.2, 0) is 16.6 Å². The molecule has 1 aliphatic carbocycles. The molecule has 106 valence electrons. The average molecular weight is 282 g/mol. The van der Waals surface area contributed by atoms with Gasteiger partial charge in [-0.3, -0.25) is 0 Å². The molecule has 1 aliphatic rings. The van der Waals surface area contributed by atoms with Crippen molar-refractivity contribution in [2.45, 2.75) is 44.0 Å². The first-order valence-corrected chi connectivity index (χ1v) is 8.23. The Morgan fingerprint density at radius 3 is 2.53 bits per heavy atom. The Labute approximate surface area is 115 Å². The zero-order chi connectivity index (χ0) is 13.9. The van der Waals surface area contributed by atoms with E-state index in [1.807, 2.05) is 0 Å². The highest BCUT2D eigenvalue weighted by molar-refractivity contribution is 7.89. The predicted octanol–water partition coefficient (Wildman–Crippen LogP) is 2.00. The van der Waals surface area contributed by atoms with E-state index in [9.17, 15) is 8.42 Å². The van der Waals surface area contributed by atoms with Crippen molar-refractivity contribution in [3.05, 3.63) is 29.8 Å². The maximum atomic E-state index is 12.3. The van der Waals surface area contributed by atoms with Crippen molar-refractivity contribution in [3.8, 4) is 0 Å². The number of nitrogens with one attached hydrogen (secondary N) is 1. The number of nitrogens with two attached hydrogens (primary N) is 1. The Kier molecular flexibility index (Phi) is 4.28. The standard InChI is InChI=1S/C14H22N2O2S/c1-14(8-4-5-9-14)11-16-19(17,18)13-7-3-2-6-12(13)10-15/h2-3,6-7,16H,4-5,8-11,15H2,1H3. The summed E-state index contributed by atoms with van der Waals surface area (Å²) in [4.78, 5) is 0.305. The van der Waals surface area contributed by atoms with E-state index in [-0.39, 0.29) is 12.0 Å². The van der Waals surface area contributed by atoms with E-state index in [0.717, 1.165) is 12.8 Å². The molecule has 1 aromatic carbocycles. The lowest BCUT2D eigenvalue weighted by Gasteiger charge is -2.24. The number of benzene rings is 1. The van der Waals surface area contributed by atoms with Crippen molar-refractivity contribution >= 4 is 10.0 Å². The van der Waals surface area contributed by atoms with E-state index < -0.39 is 10.0 Å². The van der Waals surface area contributed by atoms with Crippen LogP contribution in [0.5, 0.6) is 0 Å². The molecular formula is C14H22N2O2S. The second kappa shape index (κ2) is 5.61. The number of hydrogen-bond donors (Lipinski definition) is 2. The summed E-state index contributed by atoms with van der Waals surface area (Å²) in [5, 5.41) is 0. The lowest BCUT2D eigenvalue weighted by molar-refractivity contribution is 0.336. The topological polar surface area (TPSA) is 72.2 Å². The summed E-state index contributed by atoms with van der Waals surface area (Å²) in [7, 11) is -3.46. The van der Waals surface area contributed by atoms with Crippen LogP contribution >= 0.6 is 0 Å². The summed E-state index contributed by atoms with van der Waals surface area (Å²) in [6.45, 7) is 2.89. The van der Waals surface area contributed by atoms with Crippen LogP contribution in [0.25, 0.3) is 0 Å². The van der Waals surface area contributed by atoms with Gasteiger partial charge in [0.15, 0.2) is 0 Å². The molecule has 0 radical (unpaired) electrons. The first-order chi connectivity index (χ1) is 8.97. The third-order valence-electron chi connectivity index (χ3n) is 3.98. The predicted molar refractivity (Wildman–Crippen MR) is 76.1 cm³/mol. The first-order valence-electron chi connectivity index (χ1n) is 6.74. The van der Waals surface area contributed by atoms with Crippen LogP contribution in [0, 0.1) is 5.41 Å². The SMILES string of the molecule is CC1(CNS(=O)(=O)c2ccccc2CN)CCCC1. The normalized spacial score (nSPS) is 18.6. The Bertz CT molecular complexity index is 534. The highest BCUT2D eigenvalue weighted by atomic mass is 32.2. The highest BCUT2D eigenvalue weighted by Gasteiger charge is 2.30. The molecule has 4 nitrogen and oxygen atoms in total. The number of sulfonamides is 1. The maximum Gasteiger partial charge on any atom is 0.240 e. The largest absolute Gasteiger partial charge is 0.326 e. The van der Waals surface area contributed by atoms with Gasteiger partial charge in [-0.2, -0.15) is 0 Å². The van der Waals surface area contributed by atoms with Gasteiger partial charge in [0, 0.05) is 13.1 Å². The van der Waals surface area contributed by atoms with Crippen LogP contribution in [0.3, 0.4) is 0 Å². The third-order valence-corrected chi connectivity index (χ3v) is 5.48. The summed E-state index contributed by atoms with van der Waals surface area (Å²) in [6, 6.07) is 6.90. The van der Waals surface area contributed by atoms with Gasteiger partial charge in [-0.05, 0) is 29.9 Å². The van der Waals surface area contributed by atoms with Crippen LogP contribution < -0.4 is 10.5 Å². The van der Waals surface area contributed by atoms with E-state index in [4.69, 9.17) is 5.73 Å². The van der Waals surface area contributed by atoms with Gasteiger partial charge in [0.05, 0.1) is 4.90 Å². The van der Waals surface area contributed by atoms with Crippen LogP contribution in [0.15, 0.2) is 29.2 Å². The second-order valence-electron chi connectivity index (χ2n) is 5.65. The Morgan fingerprint density at radius 1 is 1.26 bits per heavy atom. The van der Waals surface area contributed by atoms with Crippen molar-refractivity contribution < 1.29 is 8.42 Å². The minimum atomic E-state index is -3.46. The van der Waals surface area contributed by atoms with Gasteiger partial charge < -0.3 is 5.73 Å². The summed E-state index contributed by atoms with van der Waals surface area (Å²) >= 11 is 0. The fourth-order valence-electron chi connectivity index (χ4n) is 2.69. The molecule has 0 saturated heterocycles. The van der Waals surface area contributed by atoms with Gasteiger partial charge >= 0.3 is 0 Å². The lowest BCUT2D eigenvalue weighted by Crippen LogP contribution is -2.34. The molecule has 3 N–H and O–H groups in total. The van der Waals surface area contributed by atoms with E-state index in [1.165, 1.54) is 12.8 Å². The van der Waals surface area contributed by atoms with Crippen molar-refractivity contribution in [3.63, 3.8) is 0 Å². The Balaban J connectivity index is 2.14. The number of rotatable bonds is 5. The van der Waals surface area contributed by atoms with E-state index in [2.05, 4.69) is 11.6 Å². The van der Waals surface area contributed by atoms with Crippen molar-refractivity contribution in [2.75, 3.05) is 6.54 Å². The number of hydrogen-bond acceptors (Lipinski definition) is 3. The maximum absolute atomic E-state index is 12.3. The van der Waals surface area contributed by atoms with E-state index in [0.29, 0.717) is 17.0 Å². The van der Waals surface area contributed by atoms with Crippen LogP contribution in [0.4, 0.5) is 0 Å². The molecule has 0 aliphatic heterocycles. The molecule has 0 atom stereocenters. The van der Waals surface area contributed by atoms with E-state index in [1.54, 1.807) is 24.3 Å². The molecule has 2 rings (SSSR count). The summed E-state index contributed by atoms with van der Waals surface area (Å²) in [5.74, 6) is 0. The molecule has 0 amide bonds. The molecular weight excluding hydrogens is 260 g/mol. The summed E-state index contributed by atoms with van der Waals surface area (Å²) in [5.41, 5.74) is 6.36. The van der Waals surface area contributed by atoms with Gasteiger partial charge in [-0.15, -0.1) is 0 Å². The Morgan fingerprint density at radius 2 is 1.89 bits per heavy atom. The average Bonchev–Trinajstić information content (AvgIpc) is 2.84. The summed E-state index contributed by atoms with van der Waals surface area (Å²) < 4.78 is 27.4. The van der Waals surface area contributed by atoms with E-state index >= 15 is 0 Å². The van der Waals surface area contributed by atoms with Gasteiger partial charge in [0.25, 0.3) is 0 Å². The van der Waals surface area contributed by atoms with Crippen LogP contribution in [0.1, 0.15) is 38.2 Å². The molecule has 1 fully saturated rings. The quantitative estimate of drug-likeness (QED) is 0.867. The monoisotopic (exact) mass is 282 g/mol. The molecule has 0 bridgehead atoms. The molecule has 0 spiro atoms. The minimum absolute atomic E-state index is 0.102. The lowest BCUT2D eigenvalue weighted by atomic mass is 9.89. The van der Waals surface area contributed by atoms with Crippen molar-refractivity contribution in [2.24, 2.45) is 11.1 Å². The fraction of sp³-hybridized carbons (Fsp3) is 0.571. The van der Waals surface area contributed by atoms with Crippen molar-refractivity contribution in [1.82, 2.24) is 4.72 Å². The molecule has 0 heterocycles. The second-order valence-corrected chi connectivity index (χ2v) is 7.39. The van der Waals surface area contributed by atoms with Gasteiger partial charge in [0.2, 0.25) is 10.0 Å². The highest BCUT2D eigenvalue weighted by Crippen LogP contribution is 2.37. The summed E-state index contributed by atoms with van der Waals surface area (Å²) in [6.07, 6.45) is 4.57.